The summed E-state index contributed by atoms with van der Waals surface area (Å²) in [6.45, 7) is 2.26. The van der Waals surface area contributed by atoms with Crippen molar-refractivity contribution in [2.24, 2.45) is 0 Å². The summed E-state index contributed by atoms with van der Waals surface area (Å²) < 4.78 is 0. The quantitative estimate of drug-likeness (QED) is 0.665. The van der Waals surface area contributed by atoms with Crippen molar-refractivity contribution in [3.63, 3.8) is 0 Å². The highest BCUT2D eigenvalue weighted by molar-refractivity contribution is 5.74. The average molecular weight is 188 g/mol. The third-order valence-corrected chi connectivity index (χ3v) is 3.65. The summed E-state index contributed by atoms with van der Waals surface area (Å²) in [6.07, 6.45) is 6.09. The number of carbonyl (C=O) groups excluding carboxylic acids is 1. The molecule has 0 bridgehead atoms. The number of rotatable bonds is 3. The standard InChI is InChI=1S/C13H16O/c1-2-13(8-3-9-13)12-6-4-11(10-14)5-7-12/h4-7,10H,2-3,8-9H2,1H3. The van der Waals surface area contributed by atoms with E-state index in [0.717, 1.165) is 11.8 Å². The normalized spacial score (nSPS) is 18.6. The molecule has 1 aliphatic carbocycles. The van der Waals surface area contributed by atoms with Gasteiger partial charge in [-0.25, -0.2) is 0 Å². The van der Waals surface area contributed by atoms with Gasteiger partial charge in [0.15, 0.2) is 0 Å². The van der Waals surface area contributed by atoms with Crippen LogP contribution in [0, 0.1) is 0 Å². The lowest BCUT2D eigenvalue weighted by molar-refractivity contribution is 0.112. The largest absolute Gasteiger partial charge is 0.298 e. The van der Waals surface area contributed by atoms with Gasteiger partial charge in [-0.05, 0) is 30.2 Å². The second-order valence-electron chi connectivity index (χ2n) is 4.23. The average Bonchev–Trinajstić information content (AvgIpc) is 2.18. The Balaban J connectivity index is 2.27. The van der Waals surface area contributed by atoms with Gasteiger partial charge in [0.25, 0.3) is 0 Å². The van der Waals surface area contributed by atoms with Gasteiger partial charge in [0, 0.05) is 5.56 Å². The van der Waals surface area contributed by atoms with E-state index in [1.807, 2.05) is 12.1 Å². The van der Waals surface area contributed by atoms with Gasteiger partial charge in [0.1, 0.15) is 6.29 Å². The molecule has 0 aliphatic heterocycles. The molecule has 1 aromatic rings. The third-order valence-electron chi connectivity index (χ3n) is 3.65. The Labute approximate surface area is 85.1 Å². The Hall–Kier alpha value is -1.11. The summed E-state index contributed by atoms with van der Waals surface area (Å²) in [6, 6.07) is 8.09. The molecule has 0 heterocycles. The molecule has 1 nitrogen and oxygen atoms in total. The summed E-state index contributed by atoms with van der Waals surface area (Å²) in [4.78, 5) is 10.5. The minimum absolute atomic E-state index is 0.432. The fourth-order valence-electron chi connectivity index (χ4n) is 2.37. The SMILES string of the molecule is CCC1(c2ccc(C=O)cc2)CCC1. The third kappa shape index (κ3) is 1.37. The molecule has 0 unspecified atom stereocenters. The predicted octanol–water partition coefficient (Wildman–Crippen LogP) is 3.33. The highest BCUT2D eigenvalue weighted by Gasteiger charge is 2.36. The van der Waals surface area contributed by atoms with Crippen molar-refractivity contribution >= 4 is 6.29 Å². The van der Waals surface area contributed by atoms with Crippen molar-refractivity contribution < 1.29 is 4.79 Å². The van der Waals surface area contributed by atoms with E-state index in [0.29, 0.717) is 5.41 Å². The van der Waals surface area contributed by atoms with Gasteiger partial charge >= 0.3 is 0 Å². The Morgan fingerprint density at radius 2 is 1.93 bits per heavy atom. The van der Waals surface area contributed by atoms with Crippen molar-refractivity contribution in [3.05, 3.63) is 35.4 Å². The van der Waals surface area contributed by atoms with Gasteiger partial charge in [-0.3, -0.25) is 4.79 Å². The van der Waals surface area contributed by atoms with E-state index in [9.17, 15) is 4.79 Å². The molecule has 0 radical (unpaired) electrons. The van der Waals surface area contributed by atoms with Crippen LogP contribution in [-0.4, -0.2) is 6.29 Å². The van der Waals surface area contributed by atoms with Crippen molar-refractivity contribution in [1.82, 2.24) is 0 Å². The van der Waals surface area contributed by atoms with Gasteiger partial charge in [0.2, 0.25) is 0 Å². The molecule has 2 rings (SSSR count). The minimum Gasteiger partial charge on any atom is -0.298 e. The smallest absolute Gasteiger partial charge is 0.150 e. The number of hydrogen-bond acceptors (Lipinski definition) is 1. The van der Waals surface area contributed by atoms with E-state index >= 15 is 0 Å². The maximum absolute atomic E-state index is 10.5. The Kier molecular flexibility index (Phi) is 2.40. The fraction of sp³-hybridized carbons (Fsp3) is 0.462. The Bertz CT molecular complexity index is 314. The van der Waals surface area contributed by atoms with Crippen LogP contribution in [-0.2, 0) is 5.41 Å². The lowest BCUT2D eigenvalue weighted by Crippen LogP contribution is -2.33. The van der Waals surface area contributed by atoms with E-state index in [4.69, 9.17) is 0 Å². The number of aldehydes is 1. The molecule has 0 spiro atoms. The van der Waals surface area contributed by atoms with Crippen LogP contribution in [0.5, 0.6) is 0 Å². The Morgan fingerprint density at radius 1 is 1.29 bits per heavy atom. The number of hydrogen-bond donors (Lipinski definition) is 0. The summed E-state index contributed by atoms with van der Waals surface area (Å²) in [7, 11) is 0. The van der Waals surface area contributed by atoms with Crippen LogP contribution in [0.25, 0.3) is 0 Å². The molecule has 1 aliphatic rings. The van der Waals surface area contributed by atoms with Crippen molar-refractivity contribution in [2.45, 2.75) is 38.0 Å². The first-order valence-corrected chi connectivity index (χ1v) is 5.36. The first-order valence-electron chi connectivity index (χ1n) is 5.36. The van der Waals surface area contributed by atoms with Crippen molar-refractivity contribution in [2.75, 3.05) is 0 Å². The zero-order valence-corrected chi connectivity index (χ0v) is 8.62. The van der Waals surface area contributed by atoms with Crippen LogP contribution in [0.1, 0.15) is 48.5 Å². The van der Waals surface area contributed by atoms with Gasteiger partial charge in [-0.1, -0.05) is 37.6 Å². The second kappa shape index (κ2) is 3.56. The summed E-state index contributed by atoms with van der Waals surface area (Å²) in [5.74, 6) is 0. The van der Waals surface area contributed by atoms with Crippen LogP contribution in [0.15, 0.2) is 24.3 Å². The molecule has 1 fully saturated rings. The van der Waals surface area contributed by atoms with Crippen LogP contribution in [0.4, 0.5) is 0 Å². The van der Waals surface area contributed by atoms with Gasteiger partial charge < -0.3 is 0 Å². The zero-order valence-electron chi connectivity index (χ0n) is 8.62. The maximum atomic E-state index is 10.5. The van der Waals surface area contributed by atoms with Crippen molar-refractivity contribution in [1.29, 1.82) is 0 Å². The topological polar surface area (TPSA) is 17.1 Å². The lowest BCUT2D eigenvalue weighted by atomic mass is 9.63. The predicted molar refractivity (Wildman–Crippen MR) is 57.6 cm³/mol. The molecule has 0 saturated heterocycles. The van der Waals surface area contributed by atoms with E-state index in [1.54, 1.807) is 0 Å². The molecule has 0 N–H and O–H groups in total. The first kappa shape index (κ1) is 9.45. The Morgan fingerprint density at radius 3 is 2.29 bits per heavy atom. The maximum Gasteiger partial charge on any atom is 0.150 e. The van der Waals surface area contributed by atoms with Crippen LogP contribution in [0.3, 0.4) is 0 Å². The van der Waals surface area contributed by atoms with Gasteiger partial charge in [-0.15, -0.1) is 0 Å². The lowest BCUT2D eigenvalue weighted by Gasteiger charge is -2.42. The molecule has 0 amide bonds. The molecule has 1 aromatic carbocycles. The minimum atomic E-state index is 0.432. The number of carbonyl (C=O) groups is 1. The molecule has 1 heteroatoms. The summed E-state index contributed by atoms with van der Waals surface area (Å²) in [5.41, 5.74) is 2.62. The fourth-order valence-corrected chi connectivity index (χ4v) is 2.37. The van der Waals surface area contributed by atoms with Crippen LogP contribution < -0.4 is 0 Å². The molecule has 14 heavy (non-hydrogen) atoms. The van der Waals surface area contributed by atoms with Gasteiger partial charge in [-0.2, -0.15) is 0 Å². The monoisotopic (exact) mass is 188 g/mol. The number of benzene rings is 1. The van der Waals surface area contributed by atoms with E-state index in [1.165, 1.54) is 31.2 Å². The molecule has 74 valence electrons. The molecule has 1 saturated carbocycles. The van der Waals surface area contributed by atoms with E-state index in [2.05, 4.69) is 19.1 Å². The van der Waals surface area contributed by atoms with Crippen LogP contribution >= 0.6 is 0 Å². The summed E-state index contributed by atoms with van der Waals surface area (Å²) >= 11 is 0. The molecular formula is C13H16O. The van der Waals surface area contributed by atoms with Crippen LogP contribution in [0.2, 0.25) is 0 Å². The van der Waals surface area contributed by atoms with Crippen molar-refractivity contribution in [3.8, 4) is 0 Å². The second-order valence-corrected chi connectivity index (χ2v) is 4.23. The highest BCUT2D eigenvalue weighted by atomic mass is 16.1. The summed E-state index contributed by atoms with van der Waals surface area (Å²) in [5, 5.41) is 0. The molecular weight excluding hydrogens is 172 g/mol. The zero-order chi connectivity index (χ0) is 10.0. The van der Waals surface area contributed by atoms with E-state index in [-0.39, 0.29) is 0 Å². The molecule has 0 aromatic heterocycles. The molecule has 0 atom stereocenters. The first-order chi connectivity index (χ1) is 6.80. The highest BCUT2D eigenvalue weighted by Crippen LogP contribution is 2.46. The van der Waals surface area contributed by atoms with E-state index < -0.39 is 0 Å². The van der Waals surface area contributed by atoms with Gasteiger partial charge in [0.05, 0.1) is 0 Å².